The van der Waals surface area contributed by atoms with Crippen LogP contribution in [-0.2, 0) is 6.42 Å². The van der Waals surface area contributed by atoms with Crippen molar-refractivity contribution >= 4 is 11.5 Å². The van der Waals surface area contributed by atoms with Gasteiger partial charge in [0.1, 0.15) is 0 Å². The summed E-state index contributed by atoms with van der Waals surface area (Å²) in [6.45, 7) is 4.47. The van der Waals surface area contributed by atoms with Gasteiger partial charge in [-0.1, -0.05) is 42.5 Å². The van der Waals surface area contributed by atoms with E-state index in [4.69, 9.17) is 5.73 Å². The lowest BCUT2D eigenvalue weighted by Crippen LogP contribution is -2.37. The van der Waals surface area contributed by atoms with Gasteiger partial charge < -0.3 is 5.73 Å². The number of nitrogens with zero attached hydrogens (tertiary/aromatic N) is 1. The molecule has 0 spiro atoms. The number of hydrogen-bond acceptors (Lipinski definition) is 3. The number of likely N-dealkylation sites (tertiary alicyclic amines) is 1. The topological polar surface area (TPSA) is 46.3 Å². The van der Waals surface area contributed by atoms with Gasteiger partial charge in [0, 0.05) is 11.3 Å². The van der Waals surface area contributed by atoms with Crippen molar-refractivity contribution in [3.63, 3.8) is 0 Å². The van der Waals surface area contributed by atoms with Gasteiger partial charge in [-0.15, -0.1) is 0 Å². The fraction of sp³-hybridized carbons (Fsp3) is 0.381. The van der Waals surface area contributed by atoms with Gasteiger partial charge in [0.05, 0.1) is 6.54 Å². The Hall–Kier alpha value is -2.13. The van der Waals surface area contributed by atoms with Crippen molar-refractivity contribution in [2.45, 2.75) is 26.2 Å². The number of rotatable bonds is 5. The van der Waals surface area contributed by atoms with Crippen LogP contribution in [0, 0.1) is 12.8 Å². The molecule has 3 nitrogen and oxygen atoms in total. The SMILES string of the molecule is Cc1ccc(C(=O)CN2CCC(Cc3ccccc3)CC2)cc1N. The lowest BCUT2D eigenvalue weighted by atomic mass is 9.90. The molecule has 3 heteroatoms. The third-order valence-electron chi connectivity index (χ3n) is 5.04. The second-order valence-corrected chi connectivity index (χ2v) is 6.90. The van der Waals surface area contributed by atoms with E-state index < -0.39 is 0 Å². The van der Waals surface area contributed by atoms with Crippen molar-refractivity contribution in [2.24, 2.45) is 5.92 Å². The summed E-state index contributed by atoms with van der Waals surface area (Å²) in [4.78, 5) is 14.7. The van der Waals surface area contributed by atoms with Crippen molar-refractivity contribution in [3.8, 4) is 0 Å². The van der Waals surface area contributed by atoms with Crippen LogP contribution >= 0.6 is 0 Å². The predicted octanol–water partition coefficient (Wildman–Crippen LogP) is 3.71. The number of carbonyl (C=O) groups excluding carboxylic acids is 1. The van der Waals surface area contributed by atoms with Gasteiger partial charge in [0.2, 0.25) is 0 Å². The Morgan fingerprint density at radius 1 is 1.12 bits per heavy atom. The molecule has 3 rings (SSSR count). The van der Waals surface area contributed by atoms with Crippen LogP contribution in [-0.4, -0.2) is 30.3 Å². The molecule has 0 aliphatic carbocycles. The van der Waals surface area contributed by atoms with E-state index in [2.05, 4.69) is 35.2 Å². The van der Waals surface area contributed by atoms with E-state index in [1.165, 1.54) is 5.56 Å². The molecule has 2 N–H and O–H groups in total. The average Bonchev–Trinajstić information content (AvgIpc) is 2.60. The number of carbonyl (C=O) groups is 1. The Kier molecular flexibility index (Phi) is 5.31. The second kappa shape index (κ2) is 7.63. The molecule has 1 saturated heterocycles. The molecule has 0 aromatic heterocycles. The molecule has 0 bridgehead atoms. The van der Waals surface area contributed by atoms with Crippen LogP contribution in [0.2, 0.25) is 0 Å². The largest absolute Gasteiger partial charge is 0.398 e. The minimum Gasteiger partial charge on any atom is -0.398 e. The molecule has 2 aromatic rings. The van der Waals surface area contributed by atoms with Crippen LogP contribution in [0.3, 0.4) is 0 Å². The summed E-state index contributed by atoms with van der Waals surface area (Å²) in [6, 6.07) is 16.3. The van der Waals surface area contributed by atoms with Gasteiger partial charge in [-0.2, -0.15) is 0 Å². The Labute approximate surface area is 144 Å². The molecule has 126 valence electrons. The third-order valence-corrected chi connectivity index (χ3v) is 5.04. The maximum absolute atomic E-state index is 12.5. The molecule has 0 radical (unpaired) electrons. The fourth-order valence-electron chi connectivity index (χ4n) is 3.40. The van der Waals surface area contributed by atoms with Crippen molar-refractivity contribution in [1.29, 1.82) is 0 Å². The van der Waals surface area contributed by atoms with Crippen LogP contribution in [0.1, 0.15) is 34.3 Å². The number of hydrogen-bond donors (Lipinski definition) is 1. The smallest absolute Gasteiger partial charge is 0.176 e. The fourth-order valence-corrected chi connectivity index (χ4v) is 3.40. The summed E-state index contributed by atoms with van der Waals surface area (Å²) in [5.74, 6) is 0.900. The van der Waals surface area contributed by atoms with Gasteiger partial charge in [-0.3, -0.25) is 9.69 Å². The molecule has 1 aliphatic heterocycles. The van der Waals surface area contributed by atoms with Gasteiger partial charge in [0.15, 0.2) is 5.78 Å². The quantitative estimate of drug-likeness (QED) is 0.674. The second-order valence-electron chi connectivity index (χ2n) is 6.90. The maximum atomic E-state index is 12.5. The number of aryl methyl sites for hydroxylation is 1. The predicted molar refractivity (Wildman–Crippen MR) is 99.2 cm³/mol. The number of ketones is 1. The van der Waals surface area contributed by atoms with Crippen LogP contribution in [0.5, 0.6) is 0 Å². The number of nitrogen functional groups attached to an aromatic ring is 1. The zero-order chi connectivity index (χ0) is 16.9. The number of piperidine rings is 1. The van der Waals surface area contributed by atoms with Crippen molar-refractivity contribution in [1.82, 2.24) is 4.90 Å². The Balaban J connectivity index is 1.50. The van der Waals surface area contributed by atoms with E-state index >= 15 is 0 Å². The molecule has 24 heavy (non-hydrogen) atoms. The standard InChI is InChI=1S/C21H26N2O/c1-16-7-8-19(14-20(16)22)21(24)15-23-11-9-18(10-12-23)13-17-5-3-2-4-6-17/h2-8,14,18H,9-13,15,22H2,1H3. The van der Waals surface area contributed by atoms with Crippen LogP contribution in [0.4, 0.5) is 5.69 Å². The monoisotopic (exact) mass is 322 g/mol. The third kappa shape index (κ3) is 4.24. The summed E-state index contributed by atoms with van der Waals surface area (Å²) in [5.41, 5.74) is 9.78. The highest BCUT2D eigenvalue weighted by atomic mass is 16.1. The minimum atomic E-state index is 0.170. The van der Waals surface area contributed by atoms with Crippen molar-refractivity contribution in [3.05, 3.63) is 65.2 Å². The molecule has 1 heterocycles. The van der Waals surface area contributed by atoms with E-state index in [-0.39, 0.29) is 5.78 Å². The summed E-state index contributed by atoms with van der Waals surface area (Å²) < 4.78 is 0. The average molecular weight is 322 g/mol. The maximum Gasteiger partial charge on any atom is 0.176 e. The van der Waals surface area contributed by atoms with Crippen LogP contribution in [0.25, 0.3) is 0 Å². The summed E-state index contributed by atoms with van der Waals surface area (Å²) in [5, 5.41) is 0. The molecule has 0 amide bonds. The van der Waals surface area contributed by atoms with E-state index in [0.717, 1.165) is 49.4 Å². The number of anilines is 1. The Bertz CT molecular complexity index is 688. The van der Waals surface area contributed by atoms with E-state index in [0.29, 0.717) is 12.2 Å². The number of nitrogens with two attached hydrogens (primary N) is 1. The number of benzene rings is 2. The molecule has 0 saturated carbocycles. The Morgan fingerprint density at radius 2 is 1.83 bits per heavy atom. The normalized spacial score (nSPS) is 16.2. The molecular formula is C21H26N2O. The first-order chi connectivity index (χ1) is 11.6. The zero-order valence-electron chi connectivity index (χ0n) is 14.4. The molecular weight excluding hydrogens is 296 g/mol. The molecule has 0 unspecified atom stereocenters. The zero-order valence-corrected chi connectivity index (χ0v) is 14.4. The van der Waals surface area contributed by atoms with E-state index in [1.807, 2.05) is 19.1 Å². The lowest BCUT2D eigenvalue weighted by molar-refractivity contribution is 0.0895. The first kappa shape index (κ1) is 16.7. The first-order valence-electron chi connectivity index (χ1n) is 8.77. The van der Waals surface area contributed by atoms with Gasteiger partial charge >= 0.3 is 0 Å². The Morgan fingerprint density at radius 3 is 2.50 bits per heavy atom. The lowest BCUT2D eigenvalue weighted by Gasteiger charge is -2.31. The van der Waals surface area contributed by atoms with Crippen LogP contribution < -0.4 is 5.73 Å². The minimum absolute atomic E-state index is 0.170. The highest BCUT2D eigenvalue weighted by Crippen LogP contribution is 2.22. The van der Waals surface area contributed by atoms with Crippen LogP contribution in [0.15, 0.2) is 48.5 Å². The van der Waals surface area contributed by atoms with Gasteiger partial charge in [0.25, 0.3) is 0 Å². The molecule has 1 aliphatic rings. The van der Waals surface area contributed by atoms with Gasteiger partial charge in [-0.25, -0.2) is 0 Å². The van der Waals surface area contributed by atoms with Gasteiger partial charge in [-0.05, 0) is 62.4 Å². The highest BCUT2D eigenvalue weighted by molar-refractivity contribution is 5.98. The molecule has 0 atom stereocenters. The van der Waals surface area contributed by atoms with E-state index in [1.54, 1.807) is 6.07 Å². The van der Waals surface area contributed by atoms with Crippen molar-refractivity contribution in [2.75, 3.05) is 25.4 Å². The molecule has 2 aromatic carbocycles. The number of Topliss-reactive ketones (excluding diaryl/α,β-unsaturated/α-hetero) is 1. The summed E-state index contributed by atoms with van der Waals surface area (Å²) in [6.07, 6.45) is 3.48. The summed E-state index contributed by atoms with van der Waals surface area (Å²) in [7, 11) is 0. The summed E-state index contributed by atoms with van der Waals surface area (Å²) >= 11 is 0. The first-order valence-corrected chi connectivity index (χ1v) is 8.77. The van der Waals surface area contributed by atoms with E-state index in [9.17, 15) is 4.79 Å². The highest BCUT2D eigenvalue weighted by Gasteiger charge is 2.21. The molecule has 1 fully saturated rings. The van der Waals surface area contributed by atoms with Crippen molar-refractivity contribution < 1.29 is 4.79 Å².